The maximum atomic E-state index is 9.78. The minimum atomic E-state index is -0.0690. The van der Waals surface area contributed by atoms with E-state index in [2.05, 4.69) is 0 Å². The van der Waals surface area contributed by atoms with Crippen molar-refractivity contribution in [2.24, 2.45) is 0 Å². The lowest BCUT2D eigenvalue weighted by atomic mass is 10.1. The molecule has 0 bridgehead atoms. The molecule has 2 aromatic heterocycles. The Hall–Kier alpha value is -2.33. The summed E-state index contributed by atoms with van der Waals surface area (Å²) >= 11 is 0. The molecular formula is C17H18N2O2. The van der Waals surface area contributed by atoms with Crippen molar-refractivity contribution < 1.29 is 9.84 Å². The summed E-state index contributed by atoms with van der Waals surface area (Å²) in [7, 11) is 0. The van der Waals surface area contributed by atoms with Gasteiger partial charge in [0.25, 0.3) is 0 Å². The predicted molar refractivity (Wildman–Crippen MR) is 82.5 cm³/mol. The maximum Gasteiger partial charge on any atom is 0.140 e. The first kappa shape index (κ1) is 13.6. The second-order valence-electron chi connectivity index (χ2n) is 4.88. The third-order valence-corrected chi connectivity index (χ3v) is 3.54. The van der Waals surface area contributed by atoms with Gasteiger partial charge in [0.05, 0.1) is 24.6 Å². The van der Waals surface area contributed by atoms with E-state index in [-0.39, 0.29) is 6.61 Å². The largest absolute Gasteiger partial charge is 0.493 e. The number of aliphatic hydroxyl groups excluding tert-OH is 1. The Bertz CT molecular complexity index is 778. The van der Waals surface area contributed by atoms with Crippen molar-refractivity contribution in [2.45, 2.75) is 20.5 Å². The minimum Gasteiger partial charge on any atom is -0.493 e. The van der Waals surface area contributed by atoms with E-state index >= 15 is 0 Å². The van der Waals surface area contributed by atoms with Gasteiger partial charge in [-0.3, -0.25) is 0 Å². The summed E-state index contributed by atoms with van der Waals surface area (Å²) in [6.07, 6.45) is 1.92. The van der Waals surface area contributed by atoms with Crippen molar-refractivity contribution in [2.75, 3.05) is 6.61 Å². The third-order valence-electron chi connectivity index (χ3n) is 3.54. The number of benzene rings is 1. The van der Waals surface area contributed by atoms with Crippen LogP contribution < -0.4 is 4.74 Å². The highest BCUT2D eigenvalue weighted by molar-refractivity contribution is 5.73. The predicted octanol–water partition coefficient (Wildman–Crippen LogP) is 3.20. The number of ether oxygens (including phenoxy) is 1. The van der Waals surface area contributed by atoms with E-state index in [1.807, 2.05) is 60.8 Å². The van der Waals surface area contributed by atoms with E-state index in [9.17, 15) is 5.11 Å². The van der Waals surface area contributed by atoms with E-state index in [1.165, 1.54) is 0 Å². The van der Waals surface area contributed by atoms with Gasteiger partial charge >= 0.3 is 0 Å². The van der Waals surface area contributed by atoms with E-state index < -0.39 is 0 Å². The van der Waals surface area contributed by atoms with Gasteiger partial charge in [0, 0.05) is 11.8 Å². The van der Waals surface area contributed by atoms with Crippen LogP contribution in [-0.2, 0) is 6.61 Å². The number of nitrogens with zero attached hydrogens (tertiary/aromatic N) is 2. The first-order valence-electron chi connectivity index (χ1n) is 7.06. The number of rotatable bonds is 4. The summed E-state index contributed by atoms with van der Waals surface area (Å²) in [5, 5.41) is 9.78. The zero-order chi connectivity index (χ0) is 14.8. The number of imidazole rings is 1. The van der Waals surface area contributed by atoms with Crippen LogP contribution in [0, 0.1) is 6.92 Å². The summed E-state index contributed by atoms with van der Waals surface area (Å²) in [5.74, 6) is 0.788. The Balaban J connectivity index is 2.28. The summed E-state index contributed by atoms with van der Waals surface area (Å²) in [4.78, 5) is 4.72. The van der Waals surface area contributed by atoms with Crippen LogP contribution in [0.3, 0.4) is 0 Å². The van der Waals surface area contributed by atoms with Crippen molar-refractivity contribution >= 4 is 5.65 Å². The highest BCUT2D eigenvalue weighted by Crippen LogP contribution is 2.32. The van der Waals surface area contributed by atoms with E-state index in [1.54, 1.807) is 0 Å². The Labute approximate surface area is 123 Å². The molecule has 0 saturated heterocycles. The fraction of sp³-hybridized carbons (Fsp3) is 0.235. The molecule has 0 spiro atoms. The standard InChI is InChI=1S/C17H18N2O2/c1-3-21-15-9-5-4-8-13(15)16-14(11-20)19-10-6-7-12(2)17(19)18-16/h4-10,20H,3,11H2,1-2H3. The Morgan fingerprint density at radius 2 is 2.00 bits per heavy atom. The van der Waals surface area contributed by atoms with Gasteiger partial charge in [0.1, 0.15) is 11.4 Å². The summed E-state index contributed by atoms with van der Waals surface area (Å²) in [5.41, 5.74) is 4.40. The molecule has 2 heterocycles. The average molecular weight is 282 g/mol. The lowest BCUT2D eigenvalue weighted by Crippen LogP contribution is -1.97. The molecule has 108 valence electrons. The monoisotopic (exact) mass is 282 g/mol. The molecule has 0 amide bonds. The molecule has 3 rings (SSSR count). The summed E-state index contributed by atoms with van der Waals surface area (Å²) in [6.45, 7) is 4.50. The van der Waals surface area contributed by atoms with Crippen LogP contribution in [0.2, 0.25) is 0 Å². The van der Waals surface area contributed by atoms with Crippen molar-refractivity contribution in [3.63, 3.8) is 0 Å². The smallest absolute Gasteiger partial charge is 0.140 e. The van der Waals surface area contributed by atoms with Gasteiger partial charge in [-0.15, -0.1) is 0 Å². The number of para-hydroxylation sites is 1. The lowest BCUT2D eigenvalue weighted by Gasteiger charge is -2.09. The first-order chi connectivity index (χ1) is 10.3. The van der Waals surface area contributed by atoms with Gasteiger partial charge in [-0.05, 0) is 37.6 Å². The fourth-order valence-corrected chi connectivity index (χ4v) is 2.56. The molecule has 0 aliphatic carbocycles. The van der Waals surface area contributed by atoms with Crippen LogP contribution in [0.15, 0.2) is 42.6 Å². The molecule has 0 aliphatic rings. The van der Waals surface area contributed by atoms with Crippen LogP contribution in [0.25, 0.3) is 16.9 Å². The molecule has 4 heteroatoms. The Morgan fingerprint density at radius 1 is 1.19 bits per heavy atom. The number of pyridine rings is 1. The van der Waals surface area contributed by atoms with E-state index in [0.717, 1.165) is 33.9 Å². The van der Waals surface area contributed by atoms with Crippen LogP contribution >= 0.6 is 0 Å². The molecule has 1 N–H and O–H groups in total. The van der Waals surface area contributed by atoms with Crippen LogP contribution in [0.1, 0.15) is 18.2 Å². The second-order valence-corrected chi connectivity index (χ2v) is 4.88. The molecule has 1 aromatic carbocycles. The highest BCUT2D eigenvalue weighted by Gasteiger charge is 2.17. The average Bonchev–Trinajstić information content (AvgIpc) is 2.88. The quantitative estimate of drug-likeness (QED) is 0.799. The molecule has 0 fully saturated rings. The van der Waals surface area contributed by atoms with Crippen LogP contribution in [0.4, 0.5) is 0 Å². The zero-order valence-corrected chi connectivity index (χ0v) is 12.2. The number of aryl methyl sites for hydroxylation is 1. The van der Waals surface area contributed by atoms with Gasteiger partial charge in [0.15, 0.2) is 0 Å². The molecular weight excluding hydrogens is 264 g/mol. The topological polar surface area (TPSA) is 46.8 Å². The molecule has 0 radical (unpaired) electrons. The van der Waals surface area contributed by atoms with E-state index in [4.69, 9.17) is 9.72 Å². The van der Waals surface area contributed by atoms with E-state index in [0.29, 0.717) is 6.61 Å². The lowest BCUT2D eigenvalue weighted by molar-refractivity contribution is 0.276. The molecule has 0 unspecified atom stereocenters. The number of aliphatic hydroxyl groups is 1. The molecule has 3 aromatic rings. The summed E-state index contributed by atoms with van der Waals surface area (Å²) < 4.78 is 7.62. The zero-order valence-electron chi connectivity index (χ0n) is 12.2. The number of hydrogen-bond acceptors (Lipinski definition) is 3. The minimum absolute atomic E-state index is 0.0690. The third kappa shape index (κ3) is 2.28. The van der Waals surface area contributed by atoms with Crippen molar-refractivity contribution in [1.82, 2.24) is 9.38 Å². The Morgan fingerprint density at radius 3 is 2.76 bits per heavy atom. The highest BCUT2D eigenvalue weighted by atomic mass is 16.5. The van der Waals surface area contributed by atoms with Gasteiger partial charge in [-0.25, -0.2) is 4.98 Å². The summed E-state index contributed by atoms with van der Waals surface area (Å²) in [6, 6.07) is 11.8. The number of fused-ring (bicyclic) bond motifs is 1. The number of hydrogen-bond donors (Lipinski definition) is 1. The van der Waals surface area contributed by atoms with Gasteiger partial charge in [-0.1, -0.05) is 18.2 Å². The second kappa shape index (κ2) is 5.58. The van der Waals surface area contributed by atoms with Gasteiger partial charge in [0.2, 0.25) is 0 Å². The van der Waals surface area contributed by atoms with Crippen molar-refractivity contribution in [3.05, 3.63) is 53.9 Å². The molecule has 0 atom stereocenters. The van der Waals surface area contributed by atoms with Crippen molar-refractivity contribution in [1.29, 1.82) is 0 Å². The van der Waals surface area contributed by atoms with Gasteiger partial charge < -0.3 is 14.2 Å². The van der Waals surface area contributed by atoms with Gasteiger partial charge in [-0.2, -0.15) is 0 Å². The normalized spacial score (nSPS) is 11.0. The molecule has 0 saturated carbocycles. The van der Waals surface area contributed by atoms with Crippen molar-refractivity contribution in [3.8, 4) is 17.0 Å². The Kier molecular flexibility index (Phi) is 3.62. The maximum absolute atomic E-state index is 9.78. The molecule has 0 aliphatic heterocycles. The van der Waals surface area contributed by atoms with Crippen LogP contribution in [0.5, 0.6) is 5.75 Å². The number of aromatic nitrogens is 2. The van der Waals surface area contributed by atoms with Crippen LogP contribution in [-0.4, -0.2) is 21.1 Å². The molecule has 4 nitrogen and oxygen atoms in total. The SMILES string of the molecule is CCOc1ccccc1-c1nc2c(C)cccn2c1CO. The first-order valence-corrected chi connectivity index (χ1v) is 7.06. The fourth-order valence-electron chi connectivity index (χ4n) is 2.56. The molecule has 21 heavy (non-hydrogen) atoms.